The number of carbonyl (C=O) groups excluding carboxylic acids is 1. The van der Waals surface area contributed by atoms with E-state index in [1.807, 2.05) is 80.5 Å². The predicted octanol–water partition coefficient (Wildman–Crippen LogP) is 4.50. The van der Waals surface area contributed by atoms with Gasteiger partial charge in [0.1, 0.15) is 5.82 Å². The van der Waals surface area contributed by atoms with E-state index >= 15 is 0 Å². The molecule has 6 heteroatoms. The van der Waals surface area contributed by atoms with Gasteiger partial charge in [-0.15, -0.1) is 0 Å². The van der Waals surface area contributed by atoms with Crippen molar-refractivity contribution < 1.29 is 4.79 Å². The van der Waals surface area contributed by atoms with Gasteiger partial charge in [-0.2, -0.15) is 0 Å². The van der Waals surface area contributed by atoms with Crippen molar-refractivity contribution in [3.63, 3.8) is 0 Å². The number of aromatic amines is 1. The summed E-state index contributed by atoms with van der Waals surface area (Å²) < 4.78 is 0. The van der Waals surface area contributed by atoms with E-state index < -0.39 is 0 Å². The fraction of sp³-hybridized carbons (Fsp3) is 0.238. The molecule has 3 rings (SSSR count). The molecule has 0 radical (unpaired) electrons. The second-order valence-electron chi connectivity index (χ2n) is 6.60. The van der Waals surface area contributed by atoms with Crippen LogP contribution >= 0.6 is 11.6 Å². The number of imidazole rings is 1. The van der Waals surface area contributed by atoms with Crippen LogP contribution in [0.1, 0.15) is 18.3 Å². The van der Waals surface area contributed by atoms with Crippen LogP contribution in [0.5, 0.6) is 0 Å². The van der Waals surface area contributed by atoms with Gasteiger partial charge in [-0.05, 0) is 44.2 Å². The zero-order chi connectivity index (χ0) is 19.4. The monoisotopic (exact) mass is 382 g/mol. The summed E-state index contributed by atoms with van der Waals surface area (Å²) in [5.41, 5.74) is 3.64. The molecule has 2 N–H and O–H groups in total. The van der Waals surface area contributed by atoms with Crippen LogP contribution in [0.4, 0.5) is 5.69 Å². The first-order valence-corrected chi connectivity index (χ1v) is 9.19. The number of hydrogen-bond acceptors (Lipinski definition) is 3. The molecule has 140 valence electrons. The minimum absolute atomic E-state index is 0.0855. The zero-order valence-corrected chi connectivity index (χ0v) is 16.4. The Morgan fingerprint density at radius 2 is 1.96 bits per heavy atom. The molecule has 1 heterocycles. The van der Waals surface area contributed by atoms with E-state index in [0.29, 0.717) is 11.6 Å². The highest BCUT2D eigenvalue weighted by Gasteiger charge is 2.20. The van der Waals surface area contributed by atoms with Gasteiger partial charge in [0.15, 0.2) is 0 Å². The summed E-state index contributed by atoms with van der Waals surface area (Å²) in [7, 11) is 1.90. The molecule has 3 aromatic rings. The third-order valence-electron chi connectivity index (χ3n) is 4.68. The lowest BCUT2D eigenvalue weighted by atomic mass is 10.2. The number of likely N-dealkylation sites (N-methyl/N-ethyl adjacent to an activating group) is 1. The number of nitrogens with one attached hydrogen (secondary N) is 2. The predicted molar refractivity (Wildman–Crippen MR) is 110 cm³/mol. The molecule has 0 spiro atoms. The van der Waals surface area contributed by atoms with Gasteiger partial charge in [-0.1, -0.05) is 48.0 Å². The van der Waals surface area contributed by atoms with Crippen molar-refractivity contribution in [3.05, 3.63) is 71.1 Å². The van der Waals surface area contributed by atoms with Gasteiger partial charge in [0.05, 0.1) is 24.5 Å². The van der Waals surface area contributed by atoms with Crippen molar-refractivity contribution in [2.24, 2.45) is 0 Å². The highest BCUT2D eigenvalue weighted by molar-refractivity contribution is 6.31. The molecule has 0 bridgehead atoms. The molecule has 0 fully saturated rings. The second-order valence-corrected chi connectivity index (χ2v) is 7.01. The highest BCUT2D eigenvalue weighted by Crippen LogP contribution is 2.23. The number of anilines is 1. The molecule has 0 aliphatic carbocycles. The Labute approximate surface area is 164 Å². The lowest BCUT2D eigenvalue weighted by Gasteiger charge is -2.23. The van der Waals surface area contributed by atoms with Gasteiger partial charge in [-0.3, -0.25) is 9.69 Å². The molecule has 1 amide bonds. The van der Waals surface area contributed by atoms with E-state index in [4.69, 9.17) is 11.6 Å². The third kappa shape index (κ3) is 4.56. The molecule has 0 saturated heterocycles. The number of rotatable bonds is 6. The van der Waals surface area contributed by atoms with Crippen LogP contribution in [-0.2, 0) is 11.3 Å². The lowest BCUT2D eigenvalue weighted by molar-refractivity contribution is -0.120. The van der Waals surface area contributed by atoms with Crippen molar-refractivity contribution >= 4 is 23.2 Å². The summed E-state index contributed by atoms with van der Waals surface area (Å²) in [6.07, 6.45) is 1.82. The van der Waals surface area contributed by atoms with E-state index in [2.05, 4.69) is 15.3 Å². The summed E-state index contributed by atoms with van der Waals surface area (Å²) in [6, 6.07) is 15.2. The van der Waals surface area contributed by atoms with Gasteiger partial charge >= 0.3 is 0 Å². The fourth-order valence-electron chi connectivity index (χ4n) is 2.76. The molecule has 5 nitrogen and oxygen atoms in total. The fourth-order valence-corrected chi connectivity index (χ4v) is 2.94. The lowest BCUT2D eigenvalue weighted by Crippen LogP contribution is -2.39. The van der Waals surface area contributed by atoms with Crippen LogP contribution < -0.4 is 5.32 Å². The van der Waals surface area contributed by atoms with Crippen molar-refractivity contribution in [1.82, 2.24) is 14.9 Å². The number of nitrogens with zero attached hydrogens (tertiary/aromatic N) is 2. The van der Waals surface area contributed by atoms with Crippen LogP contribution in [0.15, 0.2) is 54.7 Å². The average Bonchev–Trinajstić information content (AvgIpc) is 3.14. The normalized spacial score (nSPS) is 12.2. The Hall–Kier alpha value is -2.63. The maximum absolute atomic E-state index is 12.6. The number of carbonyl (C=O) groups is 1. The maximum atomic E-state index is 12.6. The van der Waals surface area contributed by atoms with Crippen LogP contribution in [0, 0.1) is 6.92 Å². The molecule has 1 atom stereocenters. The van der Waals surface area contributed by atoms with Crippen LogP contribution in [0.25, 0.3) is 11.3 Å². The molecular weight excluding hydrogens is 360 g/mol. The van der Waals surface area contributed by atoms with Crippen LogP contribution in [0.3, 0.4) is 0 Å². The quantitative estimate of drug-likeness (QED) is 0.660. The molecule has 0 aliphatic rings. The van der Waals surface area contributed by atoms with Gasteiger partial charge in [-0.25, -0.2) is 4.98 Å². The van der Waals surface area contributed by atoms with Gasteiger partial charge in [0.25, 0.3) is 0 Å². The van der Waals surface area contributed by atoms with Crippen molar-refractivity contribution in [2.75, 3.05) is 12.4 Å². The molecular formula is C21H23ClN4O. The number of aromatic nitrogens is 2. The van der Waals surface area contributed by atoms with E-state index in [1.54, 1.807) is 0 Å². The van der Waals surface area contributed by atoms with E-state index in [9.17, 15) is 4.79 Å². The number of benzene rings is 2. The average molecular weight is 383 g/mol. The summed E-state index contributed by atoms with van der Waals surface area (Å²) in [4.78, 5) is 22.3. The standard InChI is InChI=1S/C21H23ClN4O/c1-14-17(22)10-7-11-18(14)25-21(27)15(2)26(3)13-20-23-12-19(24-20)16-8-5-4-6-9-16/h4-12,15H,13H2,1-3H3,(H,23,24)(H,25,27)/t15-/m0/s1. The third-order valence-corrected chi connectivity index (χ3v) is 5.09. The zero-order valence-electron chi connectivity index (χ0n) is 15.7. The second kappa shape index (κ2) is 8.37. The molecule has 1 aromatic heterocycles. The SMILES string of the molecule is Cc1c(Cl)cccc1NC(=O)[C@H](C)N(C)Cc1ncc(-c2ccccc2)[nH]1. The van der Waals surface area contributed by atoms with Crippen molar-refractivity contribution in [2.45, 2.75) is 26.4 Å². The van der Waals surface area contributed by atoms with Crippen molar-refractivity contribution in [3.8, 4) is 11.3 Å². The first-order valence-electron chi connectivity index (χ1n) is 8.81. The minimum Gasteiger partial charge on any atom is -0.341 e. The summed E-state index contributed by atoms with van der Waals surface area (Å²) in [5.74, 6) is 0.729. The van der Waals surface area contributed by atoms with Crippen LogP contribution in [-0.4, -0.2) is 33.9 Å². The van der Waals surface area contributed by atoms with E-state index in [-0.39, 0.29) is 11.9 Å². The molecule has 2 aromatic carbocycles. The summed E-state index contributed by atoms with van der Waals surface area (Å²) in [5, 5.41) is 3.59. The maximum Gasteiger partial charge on any atom is 0.241 e. The topological polar surface area (TPSA) is 61.0 Å². The molecule has 27 heavy (non-hydrogen) atoms. The van der Waals surface area contributed by atoms with Crippen molar-refractivity contribution in [1.29, 1.82) is 0 Å². The smallest absolute Gasteiger partial charge is 0.241 e. The largest absolute Gasteiger partial charge is 0.341 e. The Morgan fingerprint density at radius 1 is 1.22 bits per heavy atom. The number of amides is 1. The first kappa shape index (κ1) is 19.1. The number of hydrogen-bond donors (Lipinski definition) is 2. The first-order chi connectivity index (χ1) is 13.0. The van der Waals surface area contributed by atoms with Gasteiger partial charge in [0, 0.05) is 10.7 Å². The molecule has 0 unspecified atom stereocenters. The van der Waals surface area contributed by atoms with Crippen LogP contribution in [0.2, 0.25) is 5.02 Å². The Balaban J connectivity index is 1.63. The van der Waals surface area contributed by atoms with E-state index in [1.165, 1.54) is 0 Å². The van der Waals surface area contributed by atoms with Gasteiger partial charge in [0.2, 0.25) is 5.91 Å². The Morgan fingerprint density at radius 3 is 2.70 bits per heavy atom. The summed E-state index contributed by atoms with van der Waals surface area (Å²) >= 11 is 6.13. The molecule has 0 aliphatic heterocycles. The minimum atomic E-state index is -0.325. The molecule has 0 saturated carbocycles. The Bertz CT molecular complexity index is 923. The number of H-pyrrole nitrogens is 1. The van der Waals surface area contributed by atoms with Gasteiger partial charge < -0.3 is 10.3 Å². The number of halogens is 1. The Kier molecular flexibility index (Phi) is 5.94. The highest BCUT2D eigenvalue weighted by atomic mass is 35.5. The summed E-state index contributed by atoms with van der Waals surface area (Å²) in [6.45, 7) is 4.30. The van der Waals surface area contributed by atoms with E-state index in [0.717, 1.165) is 28.3 Å².